The molecule has 10 heavy (non-hydrogen) atoms. The Morgan fingerprint density at radius 3 is 1.70 bits per heavy atom. The molecule has 0 aromatic rings. The van der Waals surface area contributed by atoms with Crippen molar-refractivity contribution in [1.82, 2.24) is 0 Å². The van der Waals surface area contributed by atoms with E-state index in [1.807, 2.05) is 0 Å². The minimum atomic E-state index is -0.0509. The van der Waals surface area contributed by atoms with Gasteiger partial charge in [-0.15, -0.1) is 0 Å². The van der Waals surface area contributed by atoms with Crippen molar-refractivity contribution in [2.45, 2.75) is 25.7 Å². The SMILES string of the molecule is NC(=O)C1C2CCC1CC2. The van der Waals surface area contributed by atoms with E-state index >= 15 is 0 Å². The Kier molecular flexibility index (Phi) is 1.22. The zero-order chi connectivity index (χ0) is 7.14. The molecule has 0 radical (unpaired) electrons. The summed E-state index contributed by atoms with van der Waals surface area (Å²) in [6, 6.07) is 0. The van der Waals surface area contributed by atoms with Crippen LogP contribution in [0.1, 0.15) is 25.7 Å². The molecule has 2 nitrogen and oxygen atoms in total. The summed E-state index contributed by atoms with van der Waals surface area (Å²) in [7, 11) is 0. The van der Waals surface area contributed by atoms with Crippen LogP contribution in [0, 0.1) is 17.8 Å². The fraction of sp³-hybridized carbons (Fsp3) is 0.875. The third-order valence-electron chi connectivity index (χ3n) is 3.16. The van der Waals surface area contributed by atoms with E-state index in [1.54, 1.807) is 0 Å². The Morgan fingerprint density at radius 1 is 1.10 bits per heavy atom. The van der Waals surface area contributed by atoms with Crippen LogP contribution < -0.4 is 5.73 Å². The molecule has 0 aromatic carbocycles. The van der Waals surface area contributed by atoms with Gasteiger partial charge in [-0.3, -0.25) is 4.79 Å². The van der Waals surface area contributed by atoms with Gasteiger partial charge < -0.3 is 5.73 Å². The third kappa shape index (κ3) is 0.678. The van der Waals surface area contributed by atoms with Crippen molar-refractivity contribution in [1.29, 1.82) is 0 Å². The second-order valence-electron chi connectivity index (χ2n) is 3.60. The summed E-state index contributed by atoms with van der Waals surface area (Å²) in [6.07, 6.45) is 4.99. The zero-order valence-corrected chi connectivity index (χ0v) is 6.05. The lowest BCUT2D eigenvalue weighted by molar-refractivity contribution is -0.123. The smallest absolute Gasteiger partial charge is 0.221 e. The lowest BCUT2D eigenvalue weighted by Gasteiger charge is -2.08. The first kappa shape index (κ1) is 6.20. The maximum atomic E-state index is 10.9. The highest BCUT2D eigenvalue weighted by Crippen LogP contribution is 2.48. The Labute approximate surface area is 60.8 Å². The molecule has 2 heteroatoms. The second kappa shape index (κ2) is 1.97. The molecule has 0 spiro atoms. The molecule has 2 fully saturated rings. The van der Waals surface area contributed by atoms with E-state index in [4.69, 9.17) is 5.73 Å². The Balaban J connectivity index is 2.16. The van der Waals surface area contributed by atoms with Gasteiger partial charge in [0.05, 0.1) is 0 Å². The van der Waals surface area contributed by atoms with Crippen LogP contribution in [0.25, 0.3) is 0 Å². The van der Waals surface area contributed by atoms with Crippen molar-refractivity contribution in [3.63, 3.8) is 0 Å². The molecule has 0 saturated heterocycles. The number of fused-ring (bicyclic) bond motifs is 2. The van der Waals surface area contributed by atoms with Gasteiger partial charge in [0.1, 0.15) is 0 Å². The summed E-state index contributed by atoms with van der Waals surface area (Å²) in [6.45, 7) is 0. The quantitative estimate of drug-likeness (QED) is 0.576. The zero-order valence-electron chi connectivity index (χ0n) is 6.05. The van der Waals surface area contributed by atoms with E-state index in [0.717, 1.165) is 0 Å². The number of primary amides is 1. The van der Waals surface area contributed by atoms with E-state index in [0.29, 0.717) is 11.8 Å². The standard InChI is InChI=1S/C8H13NO/c9-8(10)7-5-1-2-6(7)4-3-5/h5-7H,1-4H2,(H2,9,10). The maximum absolute atomic E-state index is 10.9. The normalized spacial score (nSPS) is 44.2. The molecular weight excluding hydrogens is 126 g/mol. The summed E-state index contributed by atoms with van der Waals surface area (Å²) in [5.74, 6) is 1.51. The minimum Gasteiger partial charge on any atom is -0.369 e. The van der Waals surface area contributed by atoms with Crippen LogP contribution in [0.4, 0.5) is 0 Å². The topological polar surface area (TPSA) is 43.1 Å². The molecule has 0 atom stereocenters. The number of hydrogen-bond acceptors (Lipinski definition) is 1. The largest absolute Gasteiger partial charge is 0.369 e. The number of amides is 1. The predicted molar refractivity (Wildman–Crippen MR) is 38.1 cm³/mol. The molecule has 2 N–H and O–H groups in total. The molecule has 56 valence electrons. The van der Waals surface area contributed by atoms with E-state index < -0.39 is 0 Å². The van der Waals surface area contributed by atoms with E-state index in [1.165, 1.54) is 25.7 Å². The summed E-state index contributed by atoms with van der Waals surface area (Å²) in [4.78, 5) is 10.9. The molecule has 1 amide bonds. The first-order valence-corrected chi connectivity index (χ1v) is 4.08. The van der Waals surface area contributed by atoms with Gasteiger partial charge in [-0.25, -0.2) is 0 Å². The van der Waals surface area contributed by atoms with Crippen molar-refractivity contribution in [3.8, 4) is 0 Å². The fourth-order valence-electron chi connectivity index (χ4n) is 2.71. The summed E-state index contributed by atoms with van der Waals surface area (Å²) in [5.41, 5.74) is 5.28. The van der Waals surface area contributed by atoms with Crippen LogP contribution in [0.5, 0.6) is 0 Å². The van der Waals surface area contributed by atoms with Crippen molar-refractivity contribution in [2.75, 3.05) is 0 Å². The van der Waals surface area contributed by atoms with E-state index in [2.05, 4.69) is 0 Å². The van der Waals surface area contributed by atoms with E-state index in [-0.39, 0.29) is 11.8 Å². The van der Waals surface area contributed by atoms with Gasteiger partial charge in [0.25, 0.3) is 0 Å². The van der Waals surface area contributed by atoms with Gasteiger partial charge in [0.2, 0.25) is 5.91 Å². The molecule has 0 heterocycles. The third-order valence-corrected chi connectivity index (χ3v) is 3.16. The van der Waals surface area contributed by atoms with E-state index in [9.17, 15) is 4.79 Å². The highest BCUT2D eigenvalue weighted by molar-refractivity contribution is 5.78. The Hall–Kier alpha value is -0.530. The van der Waals surface area contributed by atoms with Gasteiger partial charge in [0.15, 0.2) is 0 Å². The highest BCUT2D eigenvalue weighted by atomic mass is 16.1. The molecule has 2 bridgehead atoms. The highest BCUT2D eigenvalue weighted by Gasteiger charge is 2.44. The van der Waals surface area contributed by atoms with Crippen LogP contribution in [0.3, 0.4) is 0 Å². The van der Waals surface area contributed by atoms with Crippen LogP contribution in [0.15, 0.2) is 0 Å². The Morgan fingerprint density at radius 2 is 1.50 bits per heavy atom. The number of carbonyl (C=O) groups excluding carboxylic acids is 1. The number of carbonyl (C=O) groups is 1. The lowest BCUT2D eigenvalue weighted by Crippen LogP contribution is -2.26. The van der Waals surface area contributed by atoms with Crippen molar-refractivity contribution >= 4 is 5.91 Å². The predicted octanol–water partition coefficient (Wildman–Crippen LogP) is 0.908. The molecule has 0 unspecified atom stereocenters. The molecule has 2 rings (SSSR count). The van der Waals surface area contributed by atoms with Gasteiger partial charge in [-0.2, -0.15) is 0 Å². The van der Waals surface area contributed by atoms with Crippen molar-refractivity contribution < 1.29 is 4.79 Å². The molecule has 0 aromatic heterocycles. The number of rotatable bonds is 1. The molecule has 2 aliphatic rings. The maximum Gasteiger partial charge on any atom is 0.221 e. The first-order valence-electron chi connectivity index (χ1n) is 4.08. The van der Waals surface area contributed by atoms with Gasteiger partial charge in [-0.05, 0) is 37.5 Å². The van der Waals surface area contributed by atoms with Crippen LogP contribution in [-0.2, 0) is 4.79 Å². The summed E-state index contributed by atoms with van der Waals surface area (Å²) >= 11 is 0. The first-order chi connectivity index (χ1) is 4.79. The molecule has 2 aliphatic carbocycles. The molecular formula is C8H13NO. The monoisotopic (exact) mass is 139 g/mol. The van der Waals surface area contributed by atoms with Crippen molar-refractivity contribution in [3.05, 3.63) is 0 Å². The van der Waals surface area contributed by atoms with Crippen molar-refractivity contribution in [2.24, 2.45) is 23.5 Å². The van der Waals surface area contributed by atoms with Gasteiger partial charge in [0, 0.05) is 5.92 Å². The van der Waals surface area contributed by atoms with Crippen LogP contribution in [0.2, 0.25) is 0 Å². The van der Waals surface area contributed by atoms with Crippen LogP contribution >= 0.6 is 0 Å². The number of hydrogen-bond donors (Lipinski definition) is 1. The fourth-order valence-corrected chi connectivity index (χ4v) is 2.71. The summed E-state index contributed by atoms with van der Waals surface area (Å²) < 4.78 is 0. The minimum absolute atomic E-state index is 0.0509. The molecule has 2 saturated carbocycles. The average Bonchev–Trinajstić information content (AvgIpc) is 2.43. The summed E-state index contributed by atoms with van der Waals surface area (Å²) in [5, 5.41) is 0. The van der Waals surface area contributed by atoms with Gasteiger partial charge >= 0.3 is 0 Å². The average molecular weight is 139 g/mol. The van der Waals surface area contributed by atoms with Gasteiger partial charge in [-0.1, -0.05) is 0 Å². The number of nitrogens with two attached hydrogens (primary N) is 1. The second-order valence-corrected chi connectivity index (χ2v) is 3.60. The molecule has 0 aliphatic heterocycles. The van der Waals surface area contributed by atoms with Crippen LogP contribution in [-0.4, -0.2) is 5.91 Å². The lowest BCUT2D eigenvalue weighted by atomic mass is 9.98. The Bertz CT molecular complexity index is 147.